The summed E-state index contributed by atoms with van der Waals surface area (Å²) >= 11 is 0. The quantitative estimate of drug-likeness (QED) is 0.296. The largest absolute Gasteiger partial charge is 0.392 e. The van der Waals surface area contributed by atoms with Crippen LogP contribution in [0.5, 0.6) is 0 Å². The van der Waals surface area contributed by atoms with E-state index in [-0.39, 0.29) is 29.2 Å². The van der Waals surface area contributed by atoms with E-state index in [1.54, 1.807) is 37.8 Å². The molecule has 0 spiro atoms. The predicted molar refractivity (Wildman–Crippen MR) is 174 cm³/mol. The third kappa shape index (κ3) is 4.54. The van der Waals surface area contributed by atoms with Gasteiger partial charge in [0.05, 0.1) is 38.1 Å². The van der Waals surface area contributed by atoms with Crippen molar-refractivity contribution >= 4 is 17.0 Å². The molecule has 0 radical (unpaired) electrons. The highest BCUT2D eigenvalue weighted by Crippen LogP contribution is 2.38. The molecule has 0 bridgehead atoms. The first-order chi connectivity index (χ1) is 22.1. The molecule has 1 fully saturated rings. The Morgan fingerprint density at radius 1 is 1.09 bits per heavy atom. The van der Waals surface area contributed by atoms with E-state index in [1.807, 2.05) is 27.4 Å². The van der Waals surface area contributed by atoms with Crippen molar-refractivity contribution in [2.45, 2.75) is 58.8 Å². The molecule has 12 nitrogen and oxygen atoms in total. The summed E-state index contributed by atoms with van der Waals surface area (Å²) in [5, 5.41) is 18.7. The molecule has 46 heavy (non-hydrogen) atoms. The van der Waals surface area contributed by atoms with Crippen molar-refractivity contribution in [3.8, 4) is 16.9 Å². The first-order valence-corrected chi connectivity index (χ1v) is 15.8. The Kier molecular flexibility index (Phi) is 6.61. The zero-order chi connectivity index (χ0) is 31.9. The fourth-order valence-electron chi connectivity index (χ4n) is 7.52. The third-order valence-electron chi connectivity index (χ3n) is 9.92. The monoisotopic (exact) mass is 622 g/mol. The van der Waals surface area contributed by atoms with Crippen LogP contribution in [0.2, 0.25) is 0 Å². The minimum Gasteiger partial charge on any atom is -0.392 e. The topological polar surface area (TPSA) is 124 Å². The number of nitrogens with zero attached hydrogens (tertiary/aromatic N) is 7. The van der Waals surface area contributed by atoms with Crippen molar-refractivity contribution in [3.63, 3.8) is 0 Å². The third-order valence-corrected chi connectivity index (χ3v) is 9.92. The number of aliphatic hydroxyl groups excluding tert-OH is 1. The highest BCUT2D eigenvalue weighted by Gasteiger charge is 2.35. The van der Waals surface area contributed by atoms with Gasteiger partial charge in [0.15, 0.2) is 5.82 Å². The summed E-state index contributed by atoms with van der Waals surface area (Å²) in [6.45, 7) is 9.50. The molecule has 0 amide bonds. The van der Waals surface area contributed by atoms with Gasteiger partial charge in [-0.15, -0.1) is 0 Å². The molecule has 5 aromatic heterocycles. The van der Waals surface area contributed by atoms with E-state index in [1.165, 1.54) is 20.4 Å². The molecule has 1 aliphatic carbocycles. The van der Waals surface area contributed by atoms with Gasteiger partial charge in [-0.2, -0.15) is 5.10 Å². The molecule has 0 aromatic carbocycles. The maximum absolute atomic E-state index is 13.8. The van der Waals surface area contributed by atoms with Crippen molar-refractivity contribution in [2.24, 2.45) is 12.5 Å². The first kappa shape index (κ1) is 28.9. The van der Waals surface area contributed by atoms with E-state index in [4.69, 9.17) is 9.84 Å². The van der Waals surface area contributed by atoms with Crippen molar-refractivity contribution in [1.29, 1.82) is 0 Å². The Morgan fingerprint density at radius 2 is 1.91 bits per heavy atom. The minimum absolute atomic E-state index is 0.173. The highest BCUT2D eigenvalue weighted by molar-refractivity contribution is 5.73. The van der Waals surface area contributed by atoms with Gasteiger partial charge in [-0.05, 0) is 54.5 Å². The smallest absolute Gasteiger partial charge is 0.280 e. The lowest BCUT2D eigenvalue weighted by Crippen LogP contribution is -2.52. The van der Waals surface area contributed by atoms with E-state index >= 15 is 0 Å². The Balaban J connectivity index is 1.15. The summed E-state index contributed by atoms with van der Waals surface area (Å²) in [6.07, 6.45) is 8.83. The summed E-state index contributed by atoms with van der Waals surface area (Å²) in [5.41, 5.74) is 6.06. The molecule has 8 rings (SSSR count). The number of pyridine rings is 2. The Labute approximate surface area is 265 Å². The van der Waals surface area contributed by atoms with Crippen molar-refractivity contribution < 1.29 is 9.84 Å². The number of nitrogens with one attached hydrogen (secondary N) is 1. The molecule has 3 aliphatic rings. The van der Waals surface area contributed by atoms with Crippen LogP contribution in [0.3, 0.4) is 0 Å². The summed E-state index contributed by atoms with van der Waals surface area (Å²) in [4.78, 5) is 34.1. The molecular formula is C34H38N8O4. The molecule has 238 valence electrons. The second-order valence-electron chi connectivity index (χ2n) is 13.6. The van der Waals surface area contributed by atoms with Crippen molar-refractivity contribution in [1.82, 2.24) is 33.2 Å². The van der Waals surface area contributed by atoms with Crippen LogP contribution >= 0.6 is 0 Å². The van der Waals surface area contributed by atoms with Crippen molar-refractivity contribution in [3.05, 3.63) is 92.3 Å². The lowest BCUT2D eigenvalue weighted by molar-refractivity contribution is -0.0847. The van der Waals surface area contributed by atoms with E-state index in [9.17, 15) is 14.7 Å². The Morgan fingerprint density at radius 3 is 2.67 bits per heavy atom. The van der Waals surface area contributed by atoms with Crippen LogP contribution in [0.4, 0.5) is 11.5 Å². The SMILES string of the molecule is C[C@@H]1c2cc(Nc3cc(-c4ccnc(-n5ccn6c7c(cc6c5=O)CC(C)(C)C7)c4CO)cn(C)c3=O)nn2CCN1C1COC1. The number of anilines is 2. The molecule has 12 heteroatoms. The van der Waals surface area contributed by atoms with Crippen LogP contribution in [0.25, 0.3) is 22.5 Å². The second-order valence-corrected chi connectivity index (χ2v) is 13.6. The number of hydrogen-bond acceptors (Lipinski definition) is 8. The van der Waals surface area contributed by atoms with Gasteiger partial charge in [0.2, 0.25) is 0 Å². The molecule has 1 saturated heterocycles. The maximum atomic E-state index is 13.8. The van der Waals surface area contributed by atoms with Crippen LogP contribution in [0, 0.1) is 5.41 Å². The van der Waals surface area contributed by atoms with Crippen LogP contribution < -0.4 is 16.4 Å². The first-order valence-electron chi connectivity index (χ1n) is 15.8. The highest BCUT2D eigenvalue weighted by atomic mass is 16.5. The summed E-state index contributed by atoms with van der Waals surface area (Å²) in [7, 11) is 1.70. The van der Waals surface area contributed by atoms with Crippen LogP contribution in [0.15, 0.2) is 58.6 Å². The lowest BCUT2D eigenvalue weighted by Gasteiger charge is -2.43. The Hall–Kier alpha value is -4.52. The van der Waals surface area contributed by atoms with Gasteiger partial charge >= 0.3 is 0 Å². The summed E-state index contributed by atoms with van der Waals surface area (Å²) < 4.78 is 12.4. The number of aliphatic hydroxyl groups is 1. The number of rotatable bonds is 6. The number of ether oxygens (including phenoxy) is 1. The minimum atomic E-state index is -0.346. The average molecular weight is 623 g/mol. The summed E-state index contributed by atoms with van der Waals surface area (Å²) in [6, 6.07) is 8.18. The zero-order valence-corrected chi connectivity index (χ0v) is 26.5. The van der Waals surface area contributed by atoms with Gasteiger partial charge in [-0.1, -0.05) is 13.8 Å². The number of fused-ring (bicyclic) bond motifs is 4. The van der Waals surface area contributed by atoms with Crippen LogP contribution in [-0.2, 0) is 37.8 Å². The summed E-state index contributed by atoms with van der Waals surface area (Å²) in [5.74, 6) is 0.956. The molecular weight excluding hydrogens is 584 g/mol. The van der Waals surface area contributed by atoms with Gasteiger partial charge in [0.1, 0.15) is 17.0 Å². The second kappa shape index (κ2) is 10.5. The number of hydrogen-bond donors (Lipinski definition) is 2. The fourth-order valence-corrected chi connectivity index (χ4v) is 7.52. The standard InChI is InChI=1S/C34H38N8O4/c1-20-27-13-30(37-42(27)10-9-39(20)23-18-46-19-23)36-26-11-22(16-38(4)32(26)44)24-5-6-35-31(25(24)17-43)41-8-7-40-28(33(41)45)12-21-14-34(2,3)15-29(21)40/h5-8,11-13,16,20,23,43H,9-10,14-15,17-19H2,1-4H3,(H,36,37)/t20-/m1/s1. The van der Waals surface area contributed by atoms with Gasteiger partial charge in [0, 0.05) is 67.3 Å². The zero-order valence-electron chi connectivity index (χ0n) is 26.5. The van der Waals surface area contributed by atoms with Gasteiger partial charge in [-0.3, -0.25) is 23.7 Å². The molecule has 5 aromatic rings. The van der Waals surface area contributed by atoms with E-state index in [0.29, 0.717) is 45.6 Å². The van der Waals surface area contributed by atoms with Gasteiger partial charge in [-0.25, -0.2) is 4.98 Å². The molecule has 0 saturated carbocycles. The fraction of sp³-hybridized carbons (Fsp3) is 0.412. The van der Waals surface area contributed by atoms with E-state index in [2.05, 4.69) is 36.0 Å². The van der Waals surface area contributed by atoms with Crippen LogP contribution in [-0.4, -0.2) is 64.1 Å². The lowest BCUT2D eigenvalue weighted by atomic mass is 9.90. The Bertz CT molecular complexity index is 2130. The van der Waals surface area contributed by atoms with E-state index < -0.39 is 0 Å². The number of aromatic nitrogens is 6. The maximum Gasteiger partial charge on any atom is 0.280 e. The molecule has 2 N–H and O–H groups in total. The normalized spacial score (nSPS) is 19.3. The molecule has 7 heterocycles. The van der Waals surface area contributed by atoms with Crippen LogP contribution in [0.1, 0.15) is 49.3 Å². The van der Waals surface area contributed by atoms with Gasteiger partial charge in [0.25, 0.3) is 11.1 Å². The van der Waals surface area contributed by atoms with E-state index in [0.717, 1.165) is 44.8 Å². The molecule has 1 atom stereocenters. The molecule has 0 unspecified atom stereocenters. The predicted octanol–water partition coefficient (Wildman–Crippen LogP) is 3.18. The molecule has 2 aliphatic heterocycles. The average Bonchev–Trinajstić information content (AvgIpc) is 3.66. The van der Waals surface area contributed by atoms with Crippen molar-refractivity contribution in [2.75, 3.05) is 25.1 Å². The van der Waals surface area contributed by atoms with Gasteiger partial charge < -0.3 is 24.1 Å². The number of aryl methyl sites for hydroxylation is 1.